The monoisotopic (exact) mass is 381 g/mol. The maximum absolute atomic E-state index is 11.7. The Morgan fingerprint density at radius 3 is 2.56 bits per heavy atom. The molecule has 1 aromatic heterocycles. The van der Waals surface area contributed by atoms with Crippen LogP contribution < -0.4 is 16.0 Å². The normalized spacial score (nSPS) is 13.0. The summed E-state index contributed by atoms with van der Waals surface area (Å²) in [5.41, 5.74) is 0.925. The Balaban J connectivity index is 2.66. The third kappa shape index (κ3) is 9.30. The number of carbonyl (C=O) groups is 1. The Labute approximate surface area is 162 Å². The predicted octanol–water partition coefficient (Wildman–Crippen LogP) is 3.01. The van der Waals surface area contributed by atoms with Gasteiger partial charge in [-0.15, -0.1) is 0 Å². The van der Waals surface area contributed by atoms with E-state index in [1.807, 2.05) is 13.0 Å². The number of carbonyl (C=O) groups excluding carboxylic acids is 1. The molecular formula is C19H35N5O3. The molecule has 27 heavy (non-hydrogen) atoms. The van der Waals surface area contributed by atoms with Gasteiger partial charge in [0.25, 0.3) is 0 Å². The summed E-state index contributed by atoms with van der Waals surface area (Å²) < 4.78 is 10.3. The molecule has 8 nitrogen and oxygen atoms in total. The average Bonchev–Trinajstić information content (AvgIpc) is 3.06. The van der Waals surface area contributed by atoms with Crippen molar-refractivity contribution in [1.29, 1.82) is 0 Å². The third-order valence-electron chi connectivity index (χ3n) is 3.78. The van der Waals surface area contributed by atoms with Crippen LogP contribution in [0, 0.1) is 5.92 Å². The number of amides is 1. The van der Waals surface area contributed by atoms with Gasteiger partial charge in [-0.1, -0.05) is 32.9 Å². The largest absolute Gasteiger partial charge is 0.450 e. The summed E-state index contributed by atoms with van der Waals surface area (Å²) in [5, 5.41) is 13.4. The predicted molar refractivity (Wildman–Crippen MR) is 107 cm³/mol. The molecule has 1 rings (SSSR count). The standard InChI is InChI=1S/C19H35N5O3/c1-7-20-18(22-12-16-10-17(14(5)6)24-27-16)21-11-15(9-13(3)4)23-19(25)26-8-2/h10,13-15H,7-9,11-12H2,1-6H3,(H,23,25)(H2,20,21,22). The summed E-state index contributed by atoms with van der Waals surface area (Å²) in [4.78, 5) is 16.3. The van der Waals surface area contributed by atoms with Gasteiger partial charge in [0.05, 0.1) is 12.3 Å². The molecule has 0 spiro atoms. The van der Waals surface area contributed by atoms with E-state index in [0.717, 1.165) is 24.4 Å². The van der Waals surface area contributed by atoms with Crippen molar-refractivity contribution in [3.05, 3.63) is 17.5 Å². The SMILES string of the molecule is CCNC(=NCc1cc(C(C)C)no1)NCC(CC(C)C)NC(=O)OCC. The molecule has 0 aliphatic carbocycles. The van der Waals surface area contributed by atoms with Crippen LogP contribution in [0.4, 0.5) is 4.79 Å². The van der Waals surface area contributed by atoms with E-state index < -0.39 is 6.09 Å². The van der Waals surface area contributed by atoms with E-state index in [9.17, 15) is 4.79 Å². The van der Waals surface area contributed by atoms with Crippen LogP contribution in [0.15, 0.2) is 15.6 Å². The molecule has 1 atom stereocenters. The molecule has 1 amide bonds. The highest BCUT2D eigenvalue weighted by atomic mass is 16.5. The fourth-order valence-corrected chi connectivity index (χ4v) is 2.50. The third-order valence-corrected chi connectivity index (χ3v) is 3.78. The van der Waals surface area contributed by atoms with Crippen molar-refractivity contribution in [2.24, 2.45) is 10.9 Å². The smallest absolute Gasteiger partial charge is 0.407 e. The first-order valence-electron chi connectivity index (χ1n) is 9.76. The molecule has 0 radical (unpaired) electrons. The van der Waals surface area contributed by atoms with Crippen molar-refractivity contribution in [3.8, 4) is 0 Å². The van der Waals surface area contributed by atoms with Crippen molar-refractivity contribution >= 4 is 12.1 Å². The van der Waals surface area contributed by atoms with Gasteiger partial charge in [0.1, 0.15) is 6.54 Å². The van der Waals surface area contributed by atoms with Gasteiger partial charge < -0.3 is 25.2 Å². The number of alkyl carbamates (subject to hydrolysis) is 1. The van der Waals surface area contributed by atoms with Crippen molar-refractivity contribution in [2.45, 2.75) is 66.5 Å². The van der Waals surface area contributed by atoms with Gasteiger partial charge in [0.2, 0.25) is 0 Å². The van der Waals surface area contributed by atoms with E-state index in [0.29, 0.717) is 37.5 Å². The molecule has 1 unspecified atom stereocenters. The zero-order chi connectivity index (χ0) is 20.2. The van der Waals surface area contributed by atoms with Crippen LogP contribution in [0.5, 0.6) is 0 Å². The van der Waals surface area contributed by atoms with Crippen molar-refractivity contribution < 1.29 is 14.1 Å². The maximum Gasteiger partial charge on any atom is 0.407 e. The molecule has 1 heterocycles. The second-order valence-electron chi connectivity index (χ2n) is 7.14. The summed E-state index contributed by atoms with van der Waals surface area (Å²) in [6.45, 7) is 14.2. The van der Waals surface area contributed by atoms with E-state index in [2.05, 4.69) is 53.8 Å². The molecule has 0 aliphatic heterocycles. The maximum atomic E-state index is 11.7. The first-order valence-corrected chi connectivity index (χ1v) is 9.76. The number of rotatable bonds is 10. The molecule has 0 saturated carbocycles. The Hall–Kier alpha value is -2.25. The molecule has 0 fully saturated rings. The molecule has 3 N–H and O–H groups in total. The minimum atomic E-state index is -0.394. The number of aliphatic imine (C=N–C) groups is 1. The lowest BCUT2D eigenvalue weighted by Crippen LogP contribution is -2.47. The van der Waals surface area contributed by atoms with Gasteiger partial charge in [-0.05, 0) is 32.1 Å². The highest BCUT2D eigenvalue weighted by Gasteiger charge is 2.15. The number of aromatic nitrogens is 1. The van der Waals surface area contributed by atoms with Gasteiger partial charge in [-0.25, -0.2) is 9.79 Å². The van der Waals surface area contributed by atoms with Crippen LogP contribution in [-0.4, -0.2) is 42.9 Å². The van der Waals surface area contributed by atoms with E-state index >= 15 is 0 Å². The fourth-order valence-electron chi connectivity index (χ4n) is 2.50. The van der Waals surface area contributed by atoms with Crippen molar-refractivity contribution in [1.82, 2.24) is 21.1 Å². The Morgan fingerprint density at radius 1 is 1.26 bits per heavy atom. The Bertz CT molecular complexity index is 584. The first kappa shape index (κ1) is 22.8. The molecule has 154 valence electrons. The topological polar surface area (TPSA) is 101 Å². The average molecular weight is 382 g/mol. The van der Waals surface area contributed by atoms with E-state index in [-0.39, 0.29) is 6.04 Å². The van der Waals surface area contributed by atoms with Gasteiger partial charge in [0, 0.05) is 25.2 Å². The lowest BCUT2D eigenvalue weighted by Gasteiger charge is -2.22. The molecule has 8 heteroatoms. The van der Waals surface area contributed by atoms with Crippen molar-refractivity contribution in [3.63, 3.8) is 0 Å². The van der Waals surface area contributed by atoms with Gasteiger partial charge in [0.15, 0.2) is 11.7 Å². The lowest BCUT2D eigenvalue weighted by molar-refractivity contribution is 0.146. The minimum absolute atomic E-state index is 0.0503. The molecule has 1 aromatic rings. The quantitative estimate of drug-likeness (QED) is 0.425. The van der Waals surface area contributed by atoms with E-state index in [1.54, 1.807) is 6.92 Å². The molecule has 0 aromatic carbocycles. The summed E-state index contributed by atoms with van der Waals surface area (Å²) in [7, 11) is 0. The minimum Gasteiger partial charge on any atom is -0.450 e. The van der Waals surface area contributed by atoms with E-state index in [4.69, 9.17) is 9.26 Å². The number of hydrogen-bond donors (Lipinski definition) is 3. The number of hydrogen-bond acceptors (Lipinski definition) is 5. The zero-order valence-corrected chi connectivity index (χ0v) is 17.5. The molecule has 0 saturated heterocycles. The molecule has 0 bridgehead atoms. The lowest BCUT2D eigenvalue weighted by atomic mass is 10.0. The summed E-state index contributed by atoms with van der Waals surface area (Å²) in [6, 6.07) is 1.88. The Morgan fingerprint density at radius 2 is 2.00 bits per heavy atom. The van der Waals surface area contributed by atoms with Crippen molar-refractivity contribution in [2.75, 3.05) is 19.7 Å². The van der Waals surface area contributed by atoms with E-state index in [1.165, 1.54) is 0 Å². The summed E-state index contributed by atoms with van der Waals surface area (Å²) in [5.74, 6) is 2.16. The second-order valence-corrected chi connectivity index (χ2v) is 7.14. The number of nitrogens with one attached hydrogen (secondary N) is 3. The highest BCUT2D eigenvalue weighted by Crippen LogP contribution is 2.14. The number of ether oxygens (including phenoxy) is 1. The Kier molecular flexibility index (Phi) is 10.3. The molecule has 0 aliphatic rings. The number of guanidine groups is 1. The number of nitrogens with zero attached hydrogens (tertiary/aromatic N) is 2. The van der Waals surface area contributed by atoms with Gasteiger partial charge in [-0.2, -0.15) is 0 Å². The van der Waals surface area contributed by atoms with Gasteiger partial charge in [-0.3, -0.25) is 0 Å². The molecular weight excluding hydrogens is 346 g/mol. The zero-order valence-electron chi connectivity index (χ0n) is 17.5. The van der Waals surface area contributed by atoms with Crippen LogP contribution in [0.2, 0.25) is 0 Å². The van der Waals surface area contributed by atoms with Crippen LogP contribution >= 0.6 is 0 Å². The van der Waals surface area contributed by atoms with Crippen LogP contribution in [-0.2, 0) is 11.3 Å². The van der Waals surface area contributed by atoms with Crippen LogP contribution in [0.3, 0.4) is 0 Å². The summed E-state index contributed by atoms with van der Waals surface area (Å²) >= 11 is 0. The fraction of sp³-hybridized carbons (Fsp3) is 0.737. The first-order chi connectivity index (χ1) is 12.8. The summed E-state index contributed by atoms with van der Waals surface area (Å²) in [6.07, 6.45) is 0.445. The van der Waals surface area contributed by atoms with Crippen LogP contribution in [0.25, 0.3) is 0 Å². The highest BCUT2D eigenvalue weighted by molar-refractivity contribution is 5.79. The van der Waals surface area contributed by atoms with Crippen LogP contribution in [0.1, 0.15) is 65.3 Å². The van der Waals surface area contributed by atoms with Gasteiger partial charge >= 0.3 is 6.09 Å². The second kappa shape index (κ2) is 12.2.